The number of carbonyl (C=O) groups excluding carboxylic acids is 1. The van der Waals surface area contributed by atoms with E-state index in [0.29, 0.717) is 12.8 Å². The Hall–Kier alpha value is -1.10. The topological polar surface area (TPSA) is 60.9 Å². The standard InChI is InChI=1S/C13H22N2O3/c1-3-6-13(12(17)18)7-4-8-15(13)10-5-9-14(2)11(10)16/h10H,3-9H2,1-2H3,(H,17,18). The van der Waals surface area contributed by atoms with Crippen molar-refractivity contribution in [3.63, 3.8) is 0 Å². The number of carboxylic acid groups (broad SMARTS) is 1. The third kappa shape index (κ3) is 1.90. The molecule has 0 radical (unpaired) electrons. The lowest BCUT2D eigenvalue weighted by Crippen LogP contribution is -2.56. The van der Waals surface area contributed by atoms with Gasteiger partial charge in [-0.15, -0.1) is 0 Å². The average molecular weight is 254 g/mol. The van der Waals surface area contributed by atoms with Crippen LogP contribution in [0, 0.1) is 0 Å². The molecule has 2 saturated heterocycles. The van der Waals surface area contributed by atoms with Crippen LogP contribution < -0.4 is 0 Å². The summed E-state index contributed by atoms with van der Waals surface area (Å²) in [4.78, 5) is 27.5. The number of likely N-dealkylation sites (N-methyl/N-ethyl adjacent to an activating group) is 1. The molecule has 5 nitrogen and oxygen atoms in total. The summed E-state index contributed by atoms with van der Waals surface area (Å²) in [6.45, 7) is 3.47. The van der Waals surface area contributed by atoms with Crippen LogP contribution in [0.3, 0.4) is 0 Å². The summed E-state index contributed by atoms with van der Waals surface area (Å²) < 4.78 is 0. The van der Waals surface area contributed by atoms with Gasteiger partial charge in [0.1, 0.15) is 5.54 Å². The molecule has 18 heavy (non-hydrogen) atoms. The van der Waals surface area contributed by atoms with Crippen LogP contribution in [-0.2, 0) is 9.59 Å². The van der Waals surface area contributed by atoms with Crippen molar-refractivity contribution in [2.75, 3.05) is 20.1 Å². The Morgan fingerprint density at radius 1 is 1.50 bits per heavy atom. The molecule has 2 aliphatic rings. The molecule has 1 N–H and O–H groups in total. The average Bonchev–Trinajstić information content (AvgIpc) is 2.86. The minimum Gasteiger partial charge on any atom is -0.480 e. The molecule has 2 fully saturated rings. The van der Waals surface area contributed by atoms with Gasteiger partial charge in [0, 0.05) is 20.1 Å². The van der Waals surface area contributed by atoms with Crippen LogP contribution in [0.1, 0.15) is 39.0 Å². The van der Waals surface area contributed by atoms with E-state index in [1.165, 1.54) is 0 Å². The van der Waals surface area contributed by atoms with Crippen LogP contribution in [0.5, 0.6) is 0 Å². The predicted octanol–water partition coefficient (Wildman–Crippen LogP) is 0.936. The smallest absolute Gasteiger partial charge is 0.324 e. The number of aliphatic carboxylic acids is 1. The number of nitrogens with zero attached hydrogens (tertiary/aromatic N) is 2. The van der Waals surface area contributed by atoms with Crippen LogP contribution in [0.2, 0.25) is 0 Å². The molecule has 0 bridgehead atoms. The van der Waals surface area contributed by atoms with Crippen molar-refractivity contribution < 1.29 is 14.7 Å². The largest absolute Gasteiger partial charge is 0.480 e. The molecule has 5 heteroatoms. The van der Waals surface area contributed by atoms with Crippen molar-refractivity contribution in [3.8, 4) is 0 Å². The Morgan fingerprint density at radius 3 is 2.72 bits per heavy atom. The molecule has 2 aliphatic heterocycles. The minimum absolute atomic E-state index is 0.0821. The number of likely N-dealkylation sites (tertiary alicyclic amines) is 2. The lowest BCUT2D eigenvalue weighted by Gasteiger charge is -2.37. The third-order valence-corrected chi connectivity index (χ3v) is 4.38. The van der Waals surface area contributed by atoms with Gasteiger partial charge < -0.3 is 10.0 Å². The molecule has 102 valence electrons. The Bertz CT molecular complexity index is 358. The fourth-order valence-corrected chi connectivity index (χ4v) is 3.47. The molecule has 0 aromatic heterocycles. The van der Waals surface area contributed by atoms with E-state index in [1.807, 2.05) is 11.8 Å². The number of hydrogen-bond donors (Lipinski definition) is 1. The van der Waals surface area contributed by atoms with Crippen molar-refractivity contribution in [3.05, 3.63) is 0 Å². The normalized spacial score (nSPS) is 33.3. The van der Waals surface area contributed by atoms with Crippen molar-refractivity contribution >= 4 is 11.9 Å². The summed E-state index contributed by atoms with van der Waals surface area (Å²) in [5.41, 5.74) is -0.805. The Kier molecular flexibility index (Phi) is 3.61. The fraction of sp³-hybridized carbons (Fsp3) is 0.846. The molecule has 2 rings (SSSR count). The molecular formula is C13H22N2O3. The number of rotatable bonds is 4. The Balaban J connectivity index is 2.25. The lowest BCUT2D eigenvalue weighted by molar-refractivity contribution is -0.153. The first-order valence-electron chi connectivity index (χ1n) is 6.78. The zero-order valence-electron chi connectivity index (χ0n) is 11.2. The summed E-state index contributed by atoms with van der Waals surface area (Å²) >= 11 is 0. The number of carboxylic acids is 1. The summed E-state index contributed by atoms with van der Waals surface area (Å²) in [6, 6.07) is -0.222. The highest BCUT2D eigenvalue weighted by atomic mass is 16.4. The maximum Gasteiger partial charge on any atom is 0.324 e. The lowest BCUT2D eigenvalue weighted by atomic mass is 9.89. The van der Waals surface area contributed by atoms with Gasteiger partial charge in [-0.2, -0.15) is 0 Å². The second-order valence-electron chi connectivity index (χ2n) is 5.45. The monoisotopic (exact) mass is 254 g/mol. The minimum atomic E-state index is -0.805. The molecule has 0 saturated carbocycles. The van der Waals surface area contributed by atoms with Crippen LogP contribution in [-0.4, -0.2) is 58.5 Å². The van der Waals surface area contributed by atoms with Crippen LogP contribution in [0.4, 0.5) is 0 Å². The first kappa shape index (κ1) is 13.3. The molecule has 0 aliphatic carbocycles. The van der Waals surface area contributed by atoms with E-state index in [0.717, 1.165) is 32.4 Å². The Morgan fingerprint density at radius 2 is 2.22 bits per heavy atom. The van der Waals surface area contributed by atoms with Gasteiger partial charge >= 0.3 is 5.97 Å². The van der Waals surface area contributed by atoms with Gasteiger partial charge in [0.15, 0.2) is 0 Å². The quantitative estimate of drug-likeness (QED) is 0.811. The maximum atomic E-state index is 12.1. The fourth-order valence-electron chi connectivity index (χ4n) is 3.47. The maximum absolute atomic E-state index is 12.1. The second kappa shape index (κ2) is 4.88. The van der Waals surface area contributed by atoms with Crippen molar-refractivity contribution in [1.82, 2.24) is 9.80 Å². The molecule has 0 spiro atoms. The highest BCUT2D eigenvalue weighted by Crippen LogP contribution is 2.37. The van der Waals surface area contributed by atoms with Gasteiger partial charge in [0.2, 0.25) is 5.91 Å². The zero-order chi connectivity index (χ0) is 13.3. The van der Waals surface area contributed by atoms with Gasteiger partial charge in [-0.05, 0) is 25.7 Å². The van der Waals surface area contributed by atoms with Crippen molar-refractivity contribution in [2.45, 2.75) is 50.6 Å². The molecule has 0 aromatic rings. The van der Waals surface area contributed by atoms with E-state index in [1.54, 1.807) is 11.9 Å². The van der Waals surface area contributed by atoms with Gasteiger partial charge in [-0.1, -0.05) is 13.3 Å². The first-order chi connectivity index (χ1) is 8.53. The van der Waals surface area contributed by atoms with E-state index >= 15 is 0 Å². The Labute approximate surface area is 108 Å². The van der Waals surface area contributed by atoms with Crippen LogP contribution >= 0.6 is 0 Å². The van der Waals surface area contributed by atoms with Crippen LogP contribution in [0.25, 0.3) is 0 Å². The van der Waals surface area contributed by atoms with Gasteiger partial charge in [-0.3, -0.25) is 14.5 Å². The summed E-state index contributed by atoms with van der Waals surface area (Å²) in [6.07, 6.45) is 3.77. The van der Waals surface area contributed by atoms with E-state index in [4.69, 9.17) is 0 Å². The predicted molar refractivity (Wildman–Crippen MR) is 67.3 cm³/mol. The molecule has 1 amide bonds. The summed E-state index contributed by atoms with van der Waals surface area (Å²) in [7, 11) is 1.79. The number of hydrogen-bond acceptors (Lipinski definition) is 3. The number of carbonyl (C=O) groups is 2. The molecule has 2 atom stereocenters. The van der Waals surface area contributed by atoms with E-state index < -0.39 is 11.5 Å². The SMILES string of the molecule is CCCC1(C(=O)O)CCCN1C1CCN(C)C1=O. The summed E-state index contributed by atoms with van der Waals surface area (Å²) in [5, 5.41) is 9.61. The highest BCUT2D eigenvalue weighted by Gasteiger charge is 2.52. The van der Waals surface area contributed by atoms with Crippen molar-refractivity contribution in [1.29, 1.82) is 0 Å². The van der Waals surface area contributed by atoms with E-state index in [2.05, 4.69) is 0 Å². The van der Waals surface area contributed by atoms with Crippen LogP contribution in [0.15, 0.2) is 0 Å². The first-order valence-corrected chi connectivity index (χ1v) is 6.78. The van der Waals surface area contributed by atoms with Gasteiger partial charge in [0.05, 0.1) is 6.04 Å². The molecule has 2 unspecified atom stereocenters. The molecule has 2 heterocycles. The summed E-state index contributed by atoms with van der Waals surface area (Å²) in [5.74, 6) is -0.678. The zero-order valence-corrected chi connectivity index (χ0v) is 11.2. The number of amides is 1. The third-order valence-electron chi connectivity index (χ3n) is 4.38. The van der Waals surface area contributed by atoms with Gasteiger partial charge in [-0.25, -0.2) is 0 Å². The highest BCUT2D eigenvalue weighted by molar-refractivity contribution is 5.86. The second-order valence-corrected chi connectivity index (χ2v) is 5.45. The van der Waals surface area contributed by atoms with E-state index in [9.17, 15) is 14.7 Å². The van der Waals surface area contributed by atoms with E-state index in [-0.39, 0.29) is 11.9 Å². The molecular weight excluding hydrogens is 232 g/mol. The molecule has 0 aromatic carbocycles. The van der Waals surface area contributed by atoms with Gasteiger partial charge in [0.25, 0.3) is 0 Å². The van der Waals surface area contributed by atoms with Crippen molar-refractivity contribution in [2.24, 2.45) is 0 Å².